The summed E-state index contributed by atoms with van der Waals surface area (Å²) in [5.41, 5.74) is 0.990. The average molecular weight is 269 g/mol. The van der Waals surface area contributed by atoms with E-state index in [9.17, 15) is 0 Å². The minimum atomic E-state index is 0. The first-order chi connectivity index (χ1) is 8.34. The van der Waals surface area contributed by atoms with Crippen LogP contribution in [0.3, 0.4) is 0 Å². The van der Waals surface area contributed by atoms with Crippen molar-refractivity contribution in [1.29, 1.82) is 0 Å². The van der Waals surface area contributed by atoms with Gasteiger partial charge in [-0.2, -0.15) is 4.98 Å². The van der Waals surface area contributed by atoms with E-state index >= 15 is 0 Å². The number of hydrogen-bond acceptors (Lipinski definition) is 4. The molecule has 0 radical (unpaired) electrons. The fourth-order valence-corrected chi connectivity index (χ4v) is 2.26. The fraction of sp³-hybridized carbons (Fsp3) is 0.500. The third-order valence-corrected chi connectivity index (χ3v) is 3.26. The van der Waals surface area contributed by atoms with Gasteiger partial charge < -0.3 is 14.4 Å². The monoisotopic (exact) mass is 268 g/mol. The van der Waals surface area contributed by atoms with Crippen LogP contribution in [0.4, 0.5) is 0 Å². The van der Waals surface area contributed by atoms with E-state index in [1.54, 1.807) is 0 Å². The van der Waals surface area contributed by atoms with Crippen LogP contribution in [-0.2, 0) is 7.05 Å². The van der Waals surface area contributed by atoms with Crippen LogP contribution >= 0.6 is 12.4 Å². The summed E-state index contributed by atoms with van der Waals surface area (Å²) in [6.07, 6.45) is 4.28. The van der Waals surface area contributed by atoms with Gasteiger partial charge in [-0.1, -0.05) is 5.16 Å². The smallest absolute Gasteiger partial charge is 0.231 e. The molecule has 3 heterocycles. The topological polar surface area (TPSA) is 55.9 Å². The van der Waals surface area contributed by atoms with Crippen molar-refractivity contribution in [2.45, 2.75) is 18.8 Å². The van der Waals surface area contributed by atoms with Crippen LogP contribution in [-0.4, -0.2) is 27.8 Å². The van der Waals surface area contributed by atoms with Crippen molar-refractivity contribution in [3.8, 4) is 11.5 Å². The predicted octanol–water partition coefficient (Wildman–Crippen LogP) is 1.96. The third-order valence-electron chi connectivity index (χ3n) is 3.26. The lowest BCUT2D eigenvalue weighted by atomic mass is 10.00. The molecule has 1 aliphatic rings. The molecule has 6 heteroatoms. The highest BCUT2D eigenvalue weighted by molar-refractivity contribution is 5.85. The number of rotatable bonds is 2. The molecule has 0 unspecified atom stereocenters. The Labute approximate surface area is 112 Å². The van der Waals surface area contributed by atoms with Crippen molar-refractivity contribution in [2.75, 3.05) is 13.1 Å². The van der Waals surface area contributed by atoms with E-state index in [0.717, 1.165) is 31.1 Å². The third kappa shape index (κ3) is 2.42. The second-order valence-electron chi connectivity index (χ2n) is 4.50. The number of hydrogen-bond donors (Lipinski definition) is 1. The minimum Gasteiger partial charge on any atom is -0.348 e. The maximum atomic E-state index is 5.37. The number of nitrogens with one attached hydrogen (secondary N) is 1. The molecule has 0 aliphatic carbocycles. The molecule has 0 aromatic carbocycles. The SMILES string of the molecule is Cl.Cn1cccc1-c1noc([C@H]2CCCNC2)n1. The Morgan fingerprint density at radius 2 is 2.39 bits per heavy atom. The van der Waals surface area contributed by atoms with Gasteiger partial charge in [0.25, 0.3) is 0 Å². The highest BCUT2D eigenvalue weighted by Crippen LogP contribution is 2.24. The van der Waals surface area contributed by atoms with Crippen molar-refractivity contribution >= 4 is 12.4 Å². The molecule has 3 rings (SSSR count). The van der Waals surface area contributed by atoms with E-state index in [0.29, 0.717) is 11.7 Å². The van der Waals surface area contributed by atoms with E-state index in [1.165, 1.54) is 6.42 Å². The zero-order valence-electron chi connectivity index (χ0n) is 10.3. The molecular formula is C12H17ClN4O. The van der Waals surface area contributed by atoms with Gasteiger partial charge in [0.2, 0.25) is 11.7 Å². The zero-order valence-corrected chi connectivity index (χ0v) is 11.1. The summed E-state index contributed by atoms with van der Waals surface area (Å²) in [4.78, 5) is 4.50. The summed E-state index contributed by atoms with van der Waals surface area (Å²) in [6.45, 7) is 2.03. The summed E-state index contributed by atoms with van der Waals surface area (Å²) in [5, 5.41) is 7.42. The lowest BCUT2D eigenvalue weighted by molar-refractivity contribution is 0.322. The van der Waals surface area contributed by atoms with Crippen molar-refractivity contribution in [1.82, 2.24) is 20.0 Å². The molecule has 98 valence electrons. The van der Waals surface area contributed by atoms with Gasteiger partial charge in [-0.25, -0.2) is 0 Å². The van der Waals surface area contributed by atoms with Crippen LogP contribution in [0.25, 0.3) is 11.5 Å². The standard InChI is InChI=1S/C12H16N4O.ClH/c1-16-7-3-5-10(16)11-14-12(17-15-11)9-4-2-6-13-8-9;/h3,5,7,9,13H,2,4,6,8H2,1H3;1H/t9-;/m0./s1. The van der Waals surface area contributed by atoms with E-state index in [2.05, 4.69) is 15.5 Å². The zero-order chi connectivity index (χ0) is 11.7. The molecule has 1 N–H and O–H groups in total. The fourth-order valence-electron chi connectivity index (χ4n) is 2.26. The van der Waals surface area contributed by atoms with Crippen LogP contribution < -0.4 is 5.32 Å². The van der Waals surface area contributed by atoms with Gasteiger partial charge in [0.1, 0.15) is 0 Å². The van der Waals surface area contributed by atoms with E-state index in [-0.39, 0.29) is 12.4 Å². The second-order valence-corrected chi connectivity index (χ2v) is 4.50. The molecule has 1 atom stereocenters. The van der Waals surface area contributed by atoms with Gasteiger partial charge in [0.05, 0.1) is 11.6 Å². The summed E-state index contributed by atoms with van der Waals surface area (Å²) >= 11 is 0. The lowest BCUT2D eigenvalue weighted by Crippen LogP contribution is -2.28. The highest BCUT2D eigenvalue weighted by Gasteiger charge is 2.22. The average Bonchev–Trinajstić information content (AvgIpc) is 2.98. The van der Waals surface area contributed by atoms with Gasteiger partial charge in [0, 0.05) is 19.8 Å². The molecule has 1 saturated heterocycles. The Kier molecular flexibility index (Phi) is 4.04. The number of aryl methyl sites for hydroxylation is 1. The van der Waals surface area contributed by atoms with Gasteiger partial charge in [-0.15, -0.1) is 12.4 Å². The maximum absolute atomic E-state index is 5.37. The van der Waals surface area contributed by atoms with Crippen LogP contribution in [0.5, 0.6) is 0 Å². The molecular weight excluding hydrogens is 252 g/mol. The van der Waals surface area contributed by atoms with Crippen molar-refractivity contribution in [3.05, 3.63) is 24.2 Å². The predicted molar refractivity (Wildman–Crippen MR) is 70.8 cm³/mol. The van der Waals surface area contributed by atoms with Crippen molar-refractivity contribution in [3.63, 3.8) is 0 Å². The first-order valence-electron chi connectivity index (χ1n) is 6.00. The molecule has 2 aromatic heterocycles. The molecule has 0 spiro atoms. The van der Waals surface area contributed by atoms with Crippen LogP contribution in [0.1, 0.15) is 24.7 Å². The molecule has 0 amide bonds. The van der Waals surface area contributed by atoms with E-state index < -0.39 is 0 Å². The Balaban J connectivity index is 0.00000120. The first kappa shape index (κ1) is 13.1. The van der Waals surface area contributed by atoms with E-state index in [1.807, 2.05) is 29.9 Å². The summed E-state index contributed by atoms with van der Waals surface area (Å²) in [6, 6.07) is 3.97. The Morgan fingerprint density at radius 3 is 3.06 bits per heavy atom. The highest BCUT2D eigenvalue weighted by atomic mass is 35.5. The quantitative estimate of drug-likeness (QED) is 0.905. The van der Waals surface area contributed by atoms with Crippen LogP contribution in [0.15, 0.2) is 22.9 Å². The van der Waals surface area contributed by atoms with Crippen LogP contribution in [0, 0.1) is 0 Å². The Morgan fingerprint density at radius 1 is 1.50 bits per heavy atom. The second kappa shape index (κ2) is 5.54. The first-order valence-corrected chi connectivity index (χ1v) is 6.00. The minimum absolute atomic E-state index is 0. The number of piperidine rings is 1. The summed E-state index contributed by atoms with van der Waals surface area (Å²) in [5.74, 6) is 1.80. The summed E-state index contributed by atoms with van der Waals surface area (Å²) < 4.78 is 7.36. The summed E-state index contributed by atoms with van der Waals surface area (Å²) in [7, 11) is 1.98. The van der Waals surface area contributed by atoms with Crippen molar-refractivity contribution in [2.24, 2.45) is 7.05 Å². The number of nitrogens with zero attached hydrogens (tertiary/aromatic N) is 3. The van der Waals surface area contributed by atoms with Gasteiger partial charge in [-0.05, 0) is 31.5 Å². The lowest BCUT2D eigenvalue weighted by Gasteiger charge is -2.18. The molecule has 2 aromatic rings. The molecule has 18 heavy (non-hydrogen) atoms. The maximum Gasteiger partial charge on any atom is 0.231 e. The van der Waals surface area contributed by atoms with Gasteiger partial charge in [0.15, 0.2) is 0 Å². The van der Waals surface area contributed by atoms with Gasteiger partial charge in [-0.3, -0.25) is 0 Å². The van der Waals surface area contributed by atoms with Crippen molar-refractivity contribution < 1.29 is 4.52 Å². The van der Waals surface area contributed by atoms with E-state index in [4.69, 9.17) is 4.52 Å². The molecule has 0 bridgehead atoms. The molecule has 5 nitrogen and oxygen atoms in total. The van der Waals surface area contributed by atoms with Gasteiger partial charge >= 0.3 is 0 Å². The Bertz CT molecular complexity index is 502. The molecule has 1 aliphatic heterocycles. The molecule has 0 saturated carbocycles. The molecule has 1 fully saturated rings. The van der Waals surface area contributed by atoms with Crippen LogP contribution in [0.2, 0.25) is 0 Å². The number of halogens is 1. The Hall–Kier alpha value is -1.33. The largest absolute Gasteiger partial charge is 0.348 e. The normalized spacial score (nSPS) is 19.5. The number of aromatic nitrogens is 3.